The Bertz CT molecular complexity index is 1500. The van der Waals surface area contributed by atoms with Gasteiger partial charge in [0.25, 0.3) is 0 Å². The van der Waals surface area contributed by atoms with Crippen LogP contribution in [0.25, 0.3) is 11.1 Å². The molecule has 1 saturated heterocycles. The monoisotopic (exact) mass is 664 g/mol. The smallest absolute Gasteiger partial charge is 0.399 e. The molecule has 238 valence electrons. The summed E-state index contributed by atoms with van der Waals surface area (Å²) in [5, 5.41) is 15.1. The molecule has 4 aromatic rings. The Labute approximate surface area is 273 Å². The van der Waals surface area contributed by atoms with E-state index in [-0.39, 0.29) is 33.2 Å². The van der Waals surface area contributed by atoms with E-state index in [0.29, 0.717) is 0 Å². The molecule has 0 radical (unpaired) electrons. The van der Waals surface area contributed by atoms with Crippen molar-refractivity contribution in [2.45, 2.75) is 79.4 Å². The maximum absolute atomic E-state index is 5.89. The van der Waals surface area contributed by atoms with Crippen LogP contribution < -0.4 is 16.1 Å². The minimum atomic E-state index is -0.302. The second-order valence-corrected chi connectivity index (χ2v) is 13.1. The van der Waals surface area contributed by atoms with Crippen molar-refractivity contribution >= 4 is 39.9 Å². The van der Waals surface area contributed by atoms with E-state index in [1.807, 2.05) is 58.9 Å². The third-order valence-electron chi connectivity index (χ3n) is 8.34. The van der Waals surface area contributed by atoms with Gasteiger partial charge in [-0.3, -0.25) is 9.36 Å². The average molecular weight is 666 g/mol. The predicted molar refractivity (Wildman–Crippen MR) is 189 cm³/mol. The van der Waals surface area contributed by atoms with Gasteiger partial charge in [-0.15, -0.1) is 0 Å². The summed E-state index contributed by atoms with van der Waals surface area (Å²) in [4.78, 5) is 0. The predicted octanol–water partition coefficient (Wildman–Crippen LogP) is 7.24. The van der Waals surface area contributed by atoms with Crippen LogP contribution in [0.5, 0.6) is 0 Å². The standard InChI is InChI=1S/C13H15N3.C10H17BN2O2.C9H10BrN.2CH4/c1-16-9-12(8-15-16)10-4-5-13-11(7-10)3-2-6-14-13;1-9(2)10(3,4)15-11(14-9)8-6-12-13(5)7-8;10-8-3-4-9-7(6-8)2-1-5-11-9;;/h4-5,7-9,14H,2-3,6H2,1H3;6-7H,1-5H3;3-4,6,11H,1-2,5H2;2*1H4. The Balaban J connectivity index is 0.000000179. The number of halogens is 1. The van der Waals surface area contributed by atoms with E-state index in [2.05, 4.69) is 79.4 Å². The van der Waals surface area contributed by atoms with E-state index in [0.717, 1.165) is 18.6 Å². The first-order valence-electron chi connectivity index (χ1n) is 14.7. The SMILES string of the molecule is Brc1ccc2c(c1)CCCN2.C.C.Cn1cc(-c2ccc3c(c2)CCCN3)cn1.Cn1cc(B2OC(C)(C)C(C)(C)O2)cn1. The molecule has 2 aromatic heterocycles. The van der Waals surface area contributed by atoms with Gasteiger partial charge in [0, 0.05) is 72.6 Å². The van der Waals surface area contributed by atoms with Crippen molar-refractivity contribution < 1.29 is 9.31 Å². The highest BCUT2D eigenvalue weighted by Gasteiger charge is 2.52. The summed E-state index contributed by atoms with van der Waals surface area (Å²) < 4.78 is 16.5. The summed E-state index contributed by atoms with van der Waals surface area (Å²) >= 11 is 3.46. The highest BCUT2D eigenvalue weighted by Crippen LogP contribution is 2.36. The summed E-state index contributed by atoms with van der Waals surface area (Å²) in [6, 6.07) is 13.0. The highest BCUT2D eigenvalue weighted by atomic mass is 79.9. The van der Waals surface area contributed by atoms with Crippen LogP contribution in [-0.4, -0.2) is 51.0 Å². The zero-order chi connectivity index (χ0) is 29.9. The largest absolute Gasteiger partial charge is 0.498 e. The minimum Gasteiger partial charge on any atom is -0.399 e. The third kappa shape index (κ3) is 8.34. The fourth-order valence-electron chi connectivity index (χ4n) is 5.21. The quantitative estimate of drug-likeness (QED) is 0.220. The number of benzene rings is 2. The van der Waals surface area contributed by atoms with Gasteiger partial charge in [-0.2, -0.15) is 10.2 Å². The summed E-state index contributed by atoms with van der Waals surface area (Å²) in [5.41, 5.74) is 8.31. The first kappa shape index (κ1) is 35.4. The number of aromatic nitrogens is 4. The normalized spacial score (nSPS) is 17.0. The number of fused-ring (bicyclic) bond motifs is 2. The molecule has 2 N–H and O–H groups in total. The second kappa shape index (κ2) is 14.8. The molecule has 2 aromatic carbocycles. The van der Waals surface area contributed by atoms with Gasteiger partial charge in [0.1, 0.15) is 0 Å². The molecular formula is C34H50BBrN6O2. The second-order valence-electron chi connectivity index (χ2n) is 12.2. The molecule has 7 rings (SSSR count). The molecule has 10 heteroatoms. The van der Waals surface area contributed by atoms with Crippen molar-refractivity contribution in [1.82, 2.24) is 19.6 Å². The van der Waals surface area contributed by atoms with Crippen LogP contribution in [0.4, 0.5) is 11.4 Å². The van der Waals surface area contributed by atoms with Crippen LogP contribution in [0.3, 0.4) is 0 Å². The molecular weight excluding hydrogens is 615 g/mol. The maximum Gasteiger partial charge on any atom is 0.498 e. The number of anilines is 2. The summed E-state index contributed by atoms with van der Waals surface area (Å²) in [5.74, 6) is 0. The van der Waals surface area contributed by atoms with Gasteiger partial charge in [-0.05, 0) is 100 Å². The van der Waals surface area contributed by atoms with Crippen LogP contribution >= 0.6 is 15.9 Å². The van der Waals surface area contributed by atoms with E-state index in [1.54, 1.807) is 10.9 Å². The zero-order valence-electron chi connectivity index (χ0n) is 25.6. The summed E-state index contributed by atoms with van der Waals surface area (Å²) in [6.45, 7) is 10.4. The van der Waals surface area contributed by atoms with Crippen LogP contribution in [0.15, 0.2) is 65.7 Å². The first-order chi connectivity index (χ1) is 20.0. The lowest BCUT2D eigenvalue weighted by Gasteiger charge is -2.32. The van der Waals surface area contributed by atoms with E-state index < -0.39 is 0 Å². The van der Waals surface area contributed by atoms with Gasteiger partial charge in [0.05, 0.1) is 17.4 Å². The molecule has 0 bridgehead atoms. The maximum atomic E-state index is 5.89. The number of hydrogen-bond donors (Lipinski definition) is 2. The van der Waals surface area contributed by atoms with Crippen molar-refractivity contribution in [2.24, 2.45) is 14.1 Å². The molecule has 0 amide bonds. The van der Waals surface area contributed by atoms with Crippen molar-refractivity contribution in [2.75, 3.05) is 23.7 Å². The van der Waals surface area contributed by atoms with Crippen LogP contribution in [0.2, 0.25) is 0 Å². The number of rotatable bonds is 2. The van der Waals surface area contributed by atoms with Crippen molar-refractivity contribution in [3.05, 3.63) is 76.8 Å². The summed E-state index contributed by atoms with van der Waals surface area (Å²) in [7, 11) is 3.53. The number of nitrogens with one attached hydrogen (secondary N) is 2. The number of nitrogens with zero attached hydrogens (tertiary/aromatic N) is 4. The molecule has 0 aliphatic carbocycles. The van der Waals surface area contributed by atoms with Gasteiger partial charge in [-0.1, -0.05) is 36.8 Å². The fourth-order valence-corrected chi connectivity index (χ4v) is 5.62. The molecule has 5 heterocycles. The first-order valence-corrected chi connectivity index (χ1v) is 15.5. The van der Waals surface area contributed by atoms with Crippen LogP contribution in [-0.2, 0) is 36.2 Å². The lowest BCUT2D eigenvalue weighted by molar-refractivity contribution is 0.00578. The van der Waals surface area contributed by atoms with E-state index in [9.17, 15) is 0 Å². The van der Waals surface area contributed by atoms with Gasteiger partial charge >= 0.3 is 7.12 Å². The van der Waals surface area contributed by atoms with Crippen LogP contribution in [0, 0.1) is 0 Å². The van der Waals surface area contributed by atoms with Gasteiger partial charge in [0.2, 0.25) is 0 Å². The van der Waals surface area contributed by atoms with Crippen molar-refractivity contribution in [3.63, 3.8) is 0 Å². The Morgan fingerprint density at radius 2 is 1.30 bits per heavy atom. The molecule has 3 aliphatic rings. The lowest BCUT2D eigenvalue weighted by Crippen LogP contribution is -2.41. The average Bonchev–Trinajstić information content (AvgIpc) is 3.66. The molecule has 0 atom stereocenters. The molecule has 0 unspecified atom stereocenters. The minimum absolute atomic E-state index is 0. The van der Waals surface area contributed by atoms with Gasteiger partial charge < -0.3 is 19.9 Å². The molecule has 0 saturated carbocycles. The topological polar surface area (TPSA) is 78.2 Å². The summed E-state index contributed by atoms with van der Waals surface area (Å²) in [6.07, 6.45) is 12.5. The molecule has 1 fully saturated rings. The molecule has 8 nitrogen and oxygen atoms in total. The van der Waals surface area contributed by atoms with Gasteiger partial charge in [-0.25, -0.2) is 0 Å². The zero-order valence-corrected chi connectivity index (χ0v) is 27.2. The van der Waals surface area contributed by atoms with E-state index >= 15 is 0 Å². The Morgan fingerprint density at radius 1 is 0.750 bits per heavy atom. The van der Waals surface area contributed by atoms with Gasteiger partial charge in [0.15, 0.2) is 0 Å². The van der Waals surface area contributed by atoms with E-state index in [4.69, 9.17) is 9.31 Å². The molecule has 3 aliphatic heterocycles. The Hall–Kier alpha value is -3.08. The van der Waals surface area contributed by atoms with Crippen molar-refractivity contribution in [3.8, 4) is 11.1 Å². The Morgan fingerprint density at radius 3 is 1.84 bits per heavy atom. The van der Waals surface area contributed by atoms with E-state index in [1.165, 1.54) is 63.8 Å². The van der Waals surface area contributed by atoms with Crippen LogP contribution in [0.1, 0.15) is 66.5 Å². The number of aryl methyl sites for hydroxylation is 4. The third-order valence-corrected chi connectivity index (χ3v) is 8.83. The fraction of sp³-hybridized carbons (Fsp3) is 0.471. The van der Waals surface area contributed by atoms with Crippen molar-refractivity contribution in [1.29, 1.82) is 0 Å². The number of hydrogen-bond acceptors (Lipinski definition) is 6. The Kier molecular flexibility index (Phi) is 11.9. The molecule has 44 heavy (non-hydrogen) atoms. The lowest BCUT2D eigenvalue weighted by atomic mass is 9.82. The highest BCUT2D eigenvalue weighted by molar-refractivity contribution is 9.10. The molecule has 0 spiro atoms.